The van der Waals surface area contributed by atoms with Crippen molar-refractivity contribution in [1.82, 2.24) is 9.38 Å². The van der Waals surface area contributed by atoms with Gasteiger partial charge in [0.1, 0.15) is 5.65 Å². The van der Waals surface area contributed by atoms with Crippen LogP contribution in [0.5, 0.6) is 0 Å². The molecule has 0 bridgehead atoms. The number of alkyl halides is 1. The molecule has 21 heavy (non-hydrogen) atoms. The van der Waals surface area contributed by atoms with E-state index >= 15 is 0 Å². The van der Waals surface area contributed by atoms with Crippen LogP contribution in [0.2, 0.25) is 5.02 Å². The van der Waals surface area contributed by atoms with Crippen LogP contribution in [-0.4, -0.2) is 16.4 Å². The molecule has 0 unspecified atom stereocenters. The molecule has 3 nitrogen and oxygen atoms in total. The molecule has 0 aliphatic heterocycles. The van der Waals surface area contributed by atoms with Crippen molar-refractivity contribution >= 4 is 34.7 Å². The Balaban J connectivity index is 1.95. The van der Waals surface area contributed by atoms with Crippen LogP contribution >= 0.6 is 23.2 Å². The Bertz CT molecular complexity index is 767. The van der Waals surface area contributed by atoms with Gasteiger partial charge in [0.25, 0.3) is 0 Å². The fourth-order valence-electron chi connectivity index (χ4n) is 2.45. The maximum absolute atomic E-state index is 6.12. The number of rotatable bonds is 4. The third kappa shape index (κ3) is 2.85. The highest BCUT2D eigenvalue weighted by Gasteiger charge is 2.15. The summed E-state index contributed by atoms with van der Waals surface area (Å²) in [7, 11) is 2.01. The van der Waals surface area contributed by atoms with Crippen LogP contribution in [0.15, 0.2) is 48.7 Å². The molecule has 3 aromatic rings. The lowest BCUT2D eigenvalue weighted by Crippen LogP contribution is -2.18. The Labute approximate surface area is 133 Å². The van der Waals surface area contributed by atoms with Crippen LogP contribution in [0.4, 0.5) is 5.82 Å². The second-order valence-corrected chi connectivity index (χ2v) is 5.63. The molecule has 108 valence electrons. The van der Waals surface area contributed by atoms with E-state index in [1.54, 1.807) is 0 Å². The molecule has 2 heterocycles. The largest absolute Gasteiger partial charge is 0.354 e. The Morgan fingerprint density at radius 2 is 2.05 bits per heavy atom. The molecule has 0 aliphatic carbocycles. The van der Waals surface area contributed by atoms with E-state index in [0.29, 0.717) is 5.88 Å². The van der Waals surface area contributed by atoms with E-state index in [-0.39, 0.29) is 0 Å². The van der Waals surface area contributed by atoms with Crippen LogP contribution < -0.4 is 4.90 Å². The summed E-state index contributed by atoms with van der Waals surface area (Å²) >= 11 is 12.2. The van der Waals surface area contributed by atoms with E-state index in [9.17, 15) is 0 Å². The minimum Gasteiger partial charge on any atom is -0.354 e. The van der Waals surface area contributed by atoms with Crippen LogP contribution in [-0.2, 0) is 12.4 Å². The van der Waals surface area contributed by atoms with Crippen molar-refractivity contribution in [2.24, 2.45) is 0 Å². The first-order valence-electron chi connectivity index (χ1n) is 6.66. The van der Waals surface area contributed by atoms with Crippen molar-refractivity contribution < 1.29 is 0 Å². The maximum Gasteiger partial charge on any atom is 0.152 e. The summed E-state index contributed by atoms with van der Waals surface area (Å²) in [5.41, 5.74) is 3.04. The number of hydrogen-bond donors (Lipinski definition) is 0. The van der Waals surface area contributed by atoms with E-state index in [1.807, 2.05) is 54.0 Å². The zero-order valence-electron chi connectivity index (χ0n) is 11.6. The van der Waals surface area contributed by atoms with Crippen molar-refractivity contribution in [2.45, 2.75) is 12.4 Å². The van der Waals surface area contributed by atoms with Gasteiger partial charge in [-0.05, 0) is 29.8 Å². The fourth-order valence-corrected chi connectivity index (χ4v) is 2.91. The van der Waals surface area contributed by atoms with Gasteiger partial charge in [-0.3, -0.25) is 0 Å². The molecule has 0 N–H and O–H groups in total. The number of anilines is 1. The van der Waals surface area contributed by atoms with Crippen molar-refractivity contribution in [3.8, 4) is 0 Å². The molecule has 5 heteroatoms. The van der Waals surface area contributed by atoms with Gasteiger partial charge in [0.2, 0.25) is 0 Å². The minimum absolute atomic E-state index is 0.417. The third-order valence-corrected chi connectivity index (χ3v) is 3.89. The van der Waals surface area contributed by atoms with Crippen molar-refractivity contribution in [3.63, 3.8) is 0 Å². The molecular formula is C16H15Cl2N3. The van der Waals surface area contributed by atoms with E-state index in [2.05, 4.69) is 16.0 Å². The number of nitrogens with zero attached hydrogens (tertiary/aromatic N) is 3. The predicted molar refractivity (Wildman–Crippen MR) is 88.3 cm³/mol. The van der Waals surface area contributed by atoms with E-state index < -0.39 is 0 Å². The molecule has 0 fully saturated rings. The Hall–Kier alpha value is -1.71. The lowest BCUT2D eigenvalue weighted by Gasteiger charge is -2.18. The van der Waals surface area contributed by atoms with Crippen molar-refractivity contribution in [2.75, 3.05) is 11.9 Å². The predicted octanol–water partition coefficient (Wildman–Crippen LogP) is 4.36. The summed E-state index contributed by atoms with van der Waals surface area (Å²) in [6, 6.07) is 13.8. The first kappa shape index (κ1) is 14.2. The molecule has 0 spiro atoms. The van der Waals surface area contributed by atoms with E-state index in [1.165, 1.54) is 0 Å². The molecule has 0 amide bonds. The van der Waals surface area contributed by atoms with Crippen LogP contribution in [0.3, 0.4) is 0 Å². The molecular weight excluding hydrogens is 305 g/mol. The van der Waals surface area contributed by atoms with Gasteiger partial charge >= 0.3 is 0 Å². The lowest BCUT2D eigenvalue weighted by molar-refractivity contribution is 0.894. The standard InChI is InChI=1S/C16H15Cl2N3/c1-20(11-12-5-4-6-13(18)9-12)16-14(10-17)21-8-3-2-7-15(21)19-16/h2-9H,10-11H2,1H3. The fraction of sp³-hybridized carbons (Fsp3) is 0.188. The van der Waals surface area contributed by atoms with Crippen LogP contribution in [0.25, 0.3) is 5.65 Å². The first-order chi connectivity index (χ1) is 10.2. The highest BCUT2D eigenvalue weighted by molar-refractivity contribution is 6.30. The zero-order valence-corrected chi connectivity index (χ0v) is 13.1. The summed E-state index contributed by atoms with van der Waals surface area (Å²) in [6.07, 6.45) is 1.98. The molecule has 3 rings (SSSR count). The normalized spacial score (nSPS) is 11.0. The molecule has 0 aliphatic rings. The molecule has 1 aromatic carbocycles. The molecule has 0 saturated carbocycles. The monoisotopic (exact) mass is 319 g/mol. The zero-order chi connectivity index (χ0) is 14.8. The average molecular weight is 320 g/mol. The van der Waals surface area contributed by atoms with Crippen molar-refractivity contribution in [1.29, 1.82) is 0 Å². The highest BCUT2D eigenvalue weighted by Crippen LogP contribution is 2.24. The quantitative estimate of drug-likeness (QED) is 0.666. The van der Waals surface area contributed by atoms with Crippen molar-refractivity contribution in [3.05, 3.63) is 64.9 Å². The number of halogens is 2. The Morgan fingerprint density at radius 3 is 2.81 bits per heavy atom. The van der Waals surface area contributed by atoms with Gasteiger partial charge in [-0.2, -0.15) is 0 Å². The maximum atomic E-state index is 6.12. The number of fused-ring (bicyclic) bond motifs is 1. The van der Waals surface area contributed by atoms with Gasteiger partial charge in [-0.1, -0.05) is 29.8 Å². The van der Waals surface area contributed by atoms with Gasteiger partial charge in [-0.15, -0.1) is 11.6 Å². The highest BCUT2D eigenvalue weighted by atomic mass is 35.5. The number of aromatic nitrogens is 2. The number of pyridine rings is 1. The summed E-state index contributed by atoms with van der Waals surface area (Å²) < 4.78 is 2.02. The Kier molecular flexibility index (Phi) is 4.04. The third-order valence-electron chi connectivity index (χ3n) is 3.40. The molecule has 0 radical (unpaired) electrons. The number of benzene rings is 1. The number of hydrogen-bond acceptors (Lipinski definition) is 2. The topological polar surface area (TPSA) is 20.5 Å². The Morgan fingerprint density at radius 1 is 1.19 bits per heavy atom. The summed E-state index contributed by atoms with van der Waals surface area (Å²) in [5.74, 6) is 1.32. The molecule has 2 aromatic heterocycles. The second kappa shape index (κ2) is 5.96. The summed E-state index contributed by atoms with van der Waals surface area (Å²) in [5, 5.41) is 0.744. The van der Waals surface area contributed by atoms with Crippen LogP contribution in [0.1, 0.15) is 11.3 Å². The second-order valence-electron chi connectivity index (χ2n) is 4.93. The summed E-state index contributed by atoms with van der Waals surface area (Å²) in [6.45, 7) is 0.730. The van der Waals surface area contributed by atoms with Gasteiger partial charge in [0.05, 0.1) is 11.6 Å². The molecule has 0 saturated heterocycles. The van der Waals surface area contributed by atoms with Gasteiger partial charge < -0.3 is 9.30 Å². The van der Waals surface area contributed by atoms with E-state index in [0.717, 1.165) is 34.3 Å². The van der Waals surface area contributed by atoms with Gasteiger partial charge in [0, 0.05) is 24.8 Å². The van der Waals surface area contributed by atoms with Gasteiger partial charge in [0.15, 0.2) is 5.82 Å². The lowest BCUT2D eigenvalue weighted by atomic mass is 10.2. The van der Waals surface area contributed by atoms with E-state index in [4.69, 9.17) is 23.2 Å². The molecule has 0 atom stereocenters. The number of imidazole rings is 1. The summed E-state index contributed by atoms with van der Waals surface area (Å²) in [4.78, 5) is 6.77. The van der Waals surface area contributed by atoms with Crippen LogP contribution in [0, 0.1) is 0 Å². The minimum atomic E-state index is 0.417. The SMILES string of the molecule is CN(Cc1cccc(Cl)c1)c1nc2ccccn2c1CCl. The van der Waals surface area contributed by atoms with Gasteiger partial charge in [-0.25, -0.2) is 4.98 Å². The smallest absolute Gasteiger partial charge is 0.152 e. The first-order valence-corrected chi connectivity index (χ1v) is 7.58. The average Bonchev–Trinajstić information content (AvgIpc) is 2.86.